The Balaban J connectivity index is 2.25. The molecule has 0 radical (unpaired) electrons. The molecule has 1 aromatic carbocycles. The Morgan fingerprint density at radius 1 is 1.21 bits per heavy atom. The zero-order chi connectivity index (χ0) is 13.9. The zero-order valence-corrected chi connectivity index (χ0v) is 12.6. The minimum Gasteiger partial charge on any atom is -0.315 e. The molecule has 19 heavy (non-hydrogen) atoms. The number of benzene rings is 1. The van der Waals surface area contributed by atoms with Gasteiger partial charge in [-0.15, -0.1) is 11.3 Å². The van der Waals surface area contributed by atoms with E-state index in [1.165, 1.54) is 11.3 Å². The number of nitrogens with one attached hydrogen (secondary N) is 2. The van der Waals surface area contributed by atoms with Crippen LogP contribution in [0.15, 0.2) is 40.6 Å². The molecule has 0 spiro atoms. The quantitative estimate of drug-likeness (QED) is 0.891. The Hall–Kier alpha value is -1.08. The van der Waals surface area contributed by atoms with Gasteiger partial charge in [-0.2, -0.15) is 0 Å². The summed E-state index contributed by atoms with van der Waals surface area (Å²) in [6, 6.07) is 10.1. The third-order valence-corrected chi connectivity index (χ3v) is 5.64. The highest BCUT2D eigenvalue weighted by Crippen LogP contribution is 2.27. The molecule has 0 saturated heterocycles. The highest BCUT2D eigenvalue weighted by molar-refractivity contribution is 7.94. The van der Waals surface area contributed by atoms with E-state index in [9.17, 15) is 8.42 Å². The fourth-order valence-electron chi connectivity index (χ4n) is 1.51. The highest BCUT2D eigenvalue weighted by atomic mass is 35.5. The molecule has 2 N–H and O–H groups in total. The minimum absolute atomic E-state index is 0.276. The van der Waals surface area contributed by atoms with Crippen molar-refractivity contribution in [3.63, 3.8) is 0 Å². The van der Waals surface area contributed by atoms with Gasteiger partial charge in [0.15, 0.2) is 0 Å². The van der Waals surface area contributed by atoms with E-state index in [2.05, 4.69) is 10.0 Å². The molecule has 7 heteroatoms. The Morgan fingerprint density at radius 2 is 1.95 bits per heavy atom. The molecule has 0 atom stereocenters. The highest BCUT2D eigenvalue weighted by Gasteiger charge is 2.17. The van der Waals surface area contributed by atoms with Gasteiger partial charge in [0.25, 0.3) is 10.0 Å². The molecule has 102 valence electrons. The molecule has 4 nitrogen and oxygen atoms in total. The van der Waals surface area contributed by atoms with Gasteiger partial charge in [-0.1, -0.05) is 23.7 Å². The van der Waals surface area contributed by atoms with Crippen LogP contribution in [0.3, 0.4) is 0 Å². The summed E-state index contributed by atoms with van der Waals surface area (Å²) < 4.78 is 27.1. The van der Waals surface area contributed by atoms with E-state index in [1.54, 1.807) is 36.4 Å². The molecule has 2 aromatic rings. The lowest BCUT2D eigenvalue weighted by atomic mass is 10.3. The van der Waals surface area contributed by atoms with Crippen LogP contribution >= 0.6 is 22.9 Å². The average molecular weight is 317 g/mol. The molecule has 0 amide bonds. The van der Waals surface area contributed by atoms with E-state index < -0.39 is 10.0 Å². The average Bonchev–Trinajstić information content (AvgIpc) is 2.82. The summed E-state index contributed by atoms with van der Waals surface area (Å²) in [4.78, 5) is 0.960. The maximum Gasteiger partial charge on any atom is 0.271 e. The van der Waals surface area contributed by atoms with Crippen LogP contribution in [0.5, 0.6) is 0 Å². The summed E-state index contributed by atoms with van der Waals surface area (Å²) in [5.41, 5.74) is 0.382. The molecule has 0 saturated carbocycles. The van der Waals surface area contributed by atoms with Gasteiger partial charge < -0.3 is 5.32 Å². The molecule has 0 fully saturated rings. The zero-order valence-electron chi connectivity index (χ0n) is 10.2. The maximum atomic E-state index is 12.2. The van der Waals surface area contributed by atoms with E-state index in [1.807, 2.05) is 7.05 Å². The van der Waals surface area contributed by atoms with Crippen LogP contribution < -0.4 is 10.0 Å². The lowest BCUT2D eigenvalue weighted by Gasteiger charge is -2.07. The number of anilines is 1. The first-order valence-corrected chi connectivity index (χ1v) is 8.21. The smallest absolute Gasteiger partial charge is 0.271 e. The SMILES string of the molecule is CNCc1ccc(S(=O)(=O)Nc2ccccc2Cl)s1. The first kappa shape index (κ1) is 14.3. The monoisotopic (exact) mass is 316 g/mol. The molecule has 0 aliphatic carbocycles. The normalized spacial score (nSPS) is 11.5. The third kappa shape index (κ3) is 3.48. The molecule has 1 heterocycles. The number of thiophene rings is 1. The van der Waals surface area contributed by atoms with E-state index in [4.69, 9.17) is 11.6 Å². The van der Waals surface area contributed by atoms with E-state index >= 15 is 0 Å². The van der Waals surface area contributed by atoms with Gasteiger partial charge >= 0.3 is 0 Å². The molecule has 0 unspecified atom stereocenters. The van der Waals surface area contributed by atoms with Crippen molar-refractivity contribution < 1.29 is 8.42 Å². The van der Waals surface area contributed by atoms with Gasteiger partial charge in [0.05, 0.1) is 10.7 Å². The van der Waals surface area contributed by atoms with E-state index in [-0.39, 0.29) is 4.21 Å². The van der Waals surface area contributed by atoms with Crippen LogP contribution in [0, 0.1) is 0 Å². The minimum atomic E-state index is -3.58. The fraction of sp³-hybridized carbons (Fsp3) is 0.167. The van der Waals surface area contributed by atoms with Crippen molar-refractivity contribution in [3.05, 3.63) is 46.3 Å². The van der Waals surface area contributed by atoms with Crippen LogP contribution in [0.25, 0.3) is 0 Å². The Labute approximate surface area is 121 Å². The van der Waals surface area contributed by atoms with Gasteiger partial charge in [0.1, 0.15) is 4.21 Å². The lowest BCUT2D eigenvalue weighted by molar-refractivity contribution is 0.603. The Morgan fingerprint density at radius 3 is 2.63 bits per heavy atom. The number of rotatable bonds is 5. The fourth-order valence-corrected chi connectivity index (χ4v) is 4.20. The van der Waals surface area contributed by atoms with Crippen molar-refractivity contribution >= 4 is 38.6 Å². The van der Waals surface area contributed by atoms with Crippen LogP contribution in [0.4, 0.5) is 5.69 Å². The van der Waals surface area contributed by atoms with E-state index in [0.29, 0.717) is 17.3 Å². The van der Waals surface area contributed by atoms with E-state index in [0.717, 1.165) is 4.88 Å². The van der Waals surface area contributed by atoms with Crippen LogP contribution in [-0.4, -0.2) is 15.5 Å². The summed E-state index contributed by atoms with van der Waals surface area (Å²) in [5, 5.41) is 3.35. The Kier molecular flexibility index (Phi) is 4.46. The second kappa shape index (κ2) is 5.92. The number of sulfonamides is 1. The summed E-state index contributed by atoms with van der Waals surface area (Å²) >= 11 is 7.17. The van der Waals surface area contributed by atoms with Gasteiger partial charge in [-0.25, -0.2) is 8.42 Å². The van der Waals surface area contributed by atoms with Crippen LogP contribution in [0.2, 0.25) is 5.02 Å². The summed E-state index contributed by atoms with van der Waals surface area (Å²) in [5.74, 6) is 0. The summed E-state index contributed by atoms with van der Waals surface area (Å²) in [6.45, 7) is 0.645. The molecule has 1 aromatic heterocycles. The number of halogens is 1. The van der Waals surface area contributed by atoms with Crippen molar-refractivity contribution in [1.29, 1.82) is 0 Å². The third-order valence-electron chi connectivity index (χ3n) is 2.37. The first-order valence-electron chi connectivity index (χ1n) is 5.53. The number of para-hydroxylation sites is 1. The van der Waals surface area contributed by atoms with Crippen molar-refractivity contribution in [3.8, 4) is 0 Å². The molecule has 0 aliphatic heterocycles. The van der Waals surface area contributed by atoms with Gasteiger partial charge in [0.2, 0.25) is 0 Å². The lowest BCUT2D eigenvalue weighted by Crippen LogP contribution is -2.11. The standard InChI is InChI=1S/C12H13ClN2O2S2/c1-14-8-9-6-7-12(18-9)19(16,17)15-11-5-3-2-4-10(11)13/h2-7,14-15H,8H2,1H3. The topological polar surface area (TPSA) is 58.2 Å². The number of hydrogen-bond donors (Lipinski definition) is 2. The van der Waals surface area contributed by atoms with Crippen LogP contribution in [-0.2, 0) is 16.6 Å². The molecular weight excluding hydrogens is 304 g/mol. The summed E-state index contributed by atoms with van der Waals surface area (Å²) in [7, 11) is -1.76. The maximum absolute atomic E-state index is 12.2. The number of hydrogen-bond acceptors (Lipinski definition) is 4. The predicted molar refractivity (Wildman–Crippen MR) is 79.3 cm³/mol. The second-order valence-corrected chi connectivity index (χ2v) is 7.32. The first-order chi connectivity index (χ1) is 9.03. The molecule has 0 aliphatic rings. The van der Waals surface area contributed by atoms with Gasteiger partial charge in [-0.3, -0.25) is 4.72 Å². The Bertz CT molecular complexity index is 668. The van der Waals surface area contributed by atoms with Gasteiger partial charge in [0, 0.05) is 11.4 Å². The molecule has 2 rings (SSSR count). The van der Waals surface area contributed by atoms with Crippen molar-refractivity contribution in [2.24, 2.45) is 0 Å². The predicted octanol–water partition coefficient (Wildman–Crippen LogP) is 2.92. The summed E-state index contributed by atoms with van der Waals surface area (Å²) in [6.07, 6.45) is 0. The van der Waals surface area contributed by atoms with Gasteiger partial charge in [-0.05, 0) is 31.3 Å². The van der Waals surface area contributed by atoms with Crippen molar-refractivity contribution in [2.45, 2.75) is 10.8 Å². The van der Waals surface area contributed by atoms with Crippen molar-refractivity contribution in [2.75, 3.05) is 11.8 Å². The molecule has 0 bridgehead atoms. The second-order valence-electron chi connectivity index (χ2n) is 3.84. The van der Waals surface area contributed by atoms with Crippen molar-refractivity contribution in [1.82, 2.24) is 5.32 Å². The molecular formula is C12H13ClN2O2S2. The largest absolute Gasteiger partial charge is 0.315 e. The van der Waals surface area contributed by atoms with Crippen LogP contribution in [0.1, 0.15) is 4.88 Å².